The van der Waals surface area contributed by atoms with Crippen molar-refractivity contribution in [1.82, 2.24) is 6.15 Å². The number of nitrogens with two attached hydrogens (primary N) is 1. The van der Waals surface area contributed by atoms with Crippen molar-refractivity contribution in [3.8, 4) is 0 Å². The highest BCUT2D eigenvalue weighted by Gasteiger charge is 2.31. The summed E-state index contributed by atoms with van der Waals surface area (Å²) in [6.45, 7) is 7.31. The molecule has 0 atom stereocenters. The summed E-state index contributed by atoms with van der Waals surface area (Å²) in [5, 5.41) is 0.694. The highest BCUT2D eigenvalue weighted by atomic mass is 127. The fourth-order valence-electron chi connectivity index (χ4n) is 2.53. The van der Waals surface area contributed by atoms with Crippen LogP contribution in [0.4, 0.5) is 5.69 Å². The van der Waals surface area contributed by atoms with E-state index in [0.29, 0.717) is 10.7 Å². The van der Waals surface area contributed by atoms with E-state index in [1.165, 1.54) is 14.2 Å². The van der Waals surface area contributed by atoms with Crippen LogP contribution in [0, 0.1) is 3.57 Å². The van der Waals surface area contributed by atoms with Crippen LogP contribution < -0.4 is 11.9 Å². The molecule has 0 amide bonds. The zero-order chi connectivity index (χ0) is 22.4. The van der Waals surface area contributed by atoms with Gasteiger partial charge in [0.2, 0.25) is 0 Å². The fourth-order valence-corrected chi connectivity index (χ4v) is 3.16. The zero-order valence-corrected chi connectivity index (χ0v) is 21.1. The van der Waals surface area contributed by atoms with E-state index >= 15 is 0 Å². The third kappa shape index (κ3) is 6.85. The van der Waals surface area contributed by atoms with E-state index in [1.54, 1.807) is 18.2 Å². The lowest BCUT2D eigenvalue weighted by Gasteiger charge is -2.22. The van der Waals surface area contributed by atoms with E-state index in [2.05, 4.69) is 22.6 Å². The van der Waals surface area contributed by atoms with Crippen molar-refractivity contribution in [2.75, 3.05) is 20.0 Å². The average molecular weight is 549 g/mol. The van der Waals surface area contributed by atoms with Gasteiger partial charge in [-0.25, -0.2) is 0 Å². The number of halogens is 2. The first-order valence-corrected chi connectivity index (χ1v) is 10.3. The zero-order valence-electron chi connectivity index (χ0n) is 18.2. The molecule has 0 radical (unpaired) electrons. The third-order valence-corrected chi connectivity index (χ3v) is 6.21. The molecule has 2 aromatic rings. The monoisotopic (exact) mass is 548 g/mol. The van der Waals surface area contributed by atoms with E-state index in [0.717, 1.165) is 14.7 Å². The van der Waals surface area contributed by atoms with E-state index in [1.807, 2.05) is 52.0 Å². The van der Waals surface area contributed by atoms with Gasteiger partial charge in [-0.05, 0) is 85.7 Å². The van der Waals surface area contributed by atoms with Crippen LogP contribution in [0.1, 0.15) is 38.8 Å². The summed E-state index contributed by atoms with van der Waals surface area (Å²) in [4.78, 5) is 23.0. The lowest BCUT2D eigenvalue weighted by molar-refractivity contribution is -0.147. The van der Waals surface area contributed by atoms with Gasteiger partial charge in [-0.3, -0.25) is 9.59 Å². The van der Waals surface area contributed by atoms with E-state index in [-0.39, 0.29) is 18.1 Å². The number of carbonyl (C=O) groups is 2. The van der Waals surface area contributed by atoms with Crippen molar-refractivity contribution in [3.63, 3.8) is 0 Å². The highest BCUT2D eigenvalue weighted by molar-refractivity contribution is 14.1. The lowest BCUT2D eigenvalue weighted by Crippen LogP contribution is -2.30. The maximum absolute atomic E-state index is 11.6. The minimum atomic E-state index is -0.640. The fraction of sp³-hybridized carbons (Fsp3) is 0.364. The van der Waals surface area contributed by atoms with Crippen LogP contribution in [-0.2, 0) is 29.9 Å². The van der Waals surface area contributed by atoms with E-state index < -0.39 is 10.8 Å². The molecule has 0 bridgehead atoms. The second-order valence-corrected chi connectivity index (χ2v) is 9.05. The standard InChI is InChI=1S/C11H12ClIO2.C11H15NO2.H3N/c1-11(2,10(14)15-3)7-4-5-8(12)9(13)6-7;1-11(2,10(13)14-3)8-4-6-9(12)7-5-8;/h4-6H,1-3H3;4-7H,12H2,1-3H3;1H3. The van der Waals surface area contributed by atoms with Crippen LogP contribution >= 0.6 is 34.2 Å². The molecule has 0 saturated carbocycles. The van der Waals surface area contributed by atoms with Gasteiger partial charge >= 0.3 is 11.9 Å². The predicted molar refractivity (Wildman–Crippen MR) is 130 cm³/mol. The van der Waals surface area contributed by atoms with Gasteiger partial charge in [-0.1, -0.05) is 29.8 Å². The molecular formula is C22H30ClIN2O4. The molecule has 166 valence electrons. The van der Waals surface area contributed by atoms with Gasteiger partial charge in [0.25, 0.3) is 0 Å². The highest BCUT2D eigenvalue weighted by Crippen LogP contribution is 2.29. The maximum Gasteiger partial charge on any atom is 0.315 e. The predicted octanol–water partition coefficient (Wildman–Crippen LogP) is 5.28. The molecule has 5 N–H and O–H groups in total. The number of ether oxygens (including phenoxy) is 2. The van der Waals surface area contributed by atoms with Crippen LogP contribution in [0.5, 0.6) is 0 Å². The number of anilines is 1. The van der Waals surface area contributed by atoms with Crippen LogP contribution in [0.25, 0.3) is 0 Å². The summed E-state index contributed by atoms with van der Waals surface area (Å²) in [6, 6.07) is 12.8. The molecule has 2 aromatic carbocycles. The number of methoxy groups -OCH3 is 2. The molecule has 0 fully saturated rings. The first kappa shape index (κ1) is 28.2. The Bertz CT molecular complexity index is 868. The van der Waals surface area contributed by atoms with Crippen LogP contribution in [-0.4, -0.2) is 26.2 Å². The number of esters is 2. The molecule has 2 rings (SSSR count). The van der Waals surface area contributed by atoms with E-state index in [4.69, 9.17) is 26.8 Å². The number of nitrogen functional groups attached to an aromatic ring is 1. The Morgan fingerprint density at radius 1 is 0.867 bits per heavy atom. The molecule has 0 aliphatic carbocycles. The second kappa shape index (κ2) is 11.5. The molecule has 0 aromatic heterocycles. The quantitative estimate of drug-likeness (QED) is 0.305. The molecular weight excluding hydrogens is 519 g/mol. The normalized spacial score (nSPS) is 10.8. The average Bonchev–Trinajstić information content (AvgIpc) is 2.69. The SMILES string of the molecule is COC(=O)C(C)(C)c1ccc(Cl)c(I)c1.COC(=O)C(C)(C)c1ccc(N)cc1.N. The van der Waals surface area contributed by atoms with Gasteiger partial charge in [0.05, 0.1) is 30.1 Å². The van der Waals surface area contributed by atoms with Crippen molar-refractivity contribution in [2.24, 2.45) is 0 Å². The topological polar surface area (TPSA) is 114 Å². The number of hydrogen-bond acceptors (Lipinski definition) is 6. The smallest absolute Gasteiger partial charge is 0.315 e. The summed E-state index contributed by atoms with van der Waals surface area (Å²) >= 11 is 8.06. The Morgan fingerprint density at radius 3 is 1.67 bits per heavy atom. The Labute approximate surface area is 197 Å². The van der Waals surface area contributed by atoms with Gasteiger partial charge in [-0.2, -0.15) is 0 Å². The summed E-state index contributed by atoms with van der Waals surface area (Å²) < 4.78 is 10.4. The Balaban J connectivity index is 0.000000544. The van der Waals surface area contributed by atoms with Gasteiger partial charge in [0.1, 0.15) is 0 Å². The van der Waals surface area contributed by atoms with E-state index in [9.17, 15) is 9.59 Å². The maximum atomic E-state index is 11.6. The van der Waals surface area contributed by atoms with Gasteiger partial charge in [-0.15, -0.1) is 0 Å². The summed E-state index contributed by atoms with van der Waals surface area (Å²) in [6.07, 6.45) is 0. The molecule has 0 aliphatic rings. The molecule has 0 saturated heterocycles. The molecule has 0 spiro atoms. The van der Waals surface area contributed by atoms with Crippen LogP contribution in [0.3, 0.4) is 0 Å². The summed E-state index contributed by atoms with van der Waals surface area (Å²) in [5.41, 5.74) is 6.80. The number of benzene rings is 2. The van der Waals surface area contributed by atoms with Gasteiger partial charge < -0.3 is 21.4 Å². The molecule has 0 heterocycles. The Hall–Kier alpha value is -1.84. The Kier molecular flexibility index (Phi) is 10.8. The molecule has 0 unspecified atom stereocenters. The molecule has 0 aliphatic heterocycles. The van der Waals surface area contributed by atoms with Gasteiger partial charge in [0.15, 0.2) is 0 Å². The van der Waals surface area contributed by atoms with Crippen molar-refractivity contribution in [3.05, 3.63) is 62.2 Å². The second-order valence-electron chi connectivity index (χ2n) is 7.48. The molecule has 8 heteroatoms. The van der Waals surface area contributed by atoms with Crippen LogP contribution in [0.2, 0.25) is 5.02 Å². The van der Waals surface area contributed by atoms with Crippen molar-refractivity contribution in [1.29, 1.82) is 0 Å². The molecule has 6 nitrogen and oxygen atoms in total. The molecule has 30 heavy (non-hydrogen) atoms. The van der Waals surface area contributed by atoms with Crippen LogP contribution in [0.15, 0.2) is 42.5 Å². The van der Waals surface area contributed by atoms with Crippen molar-refractivity contribution >= 4 is 51.8 Å². The first-order valence-electron chi connectivity index (χ1n) is 8.86. The number of carbonyl (C=O) groups excluding carboxylic acids is 2. The van der Waals surface area contributed by atoms with Crippen molar-refractivity contribution in [2.45, 2.75) is 38.5 Å². The number of hydrogen-bond donors (Lipinski definition) is 2. The first-order chi connectivity index (χ1) is 13.4. The number of rotatable bonds is 4. The third-order valence-electron chi connectivity index (χ3n) is 4.67. The Morgan fingerprint density at radius 2 is 1.27 bits per heavy atom. The van der Waals surface area contributed by atoms with Crippen molar-refractivity contribution < 1.29 is 19.1 Å². The summed E-state index contributed by atoms with van der Waals surface area (Å²) in [7, 11) is 2.78. The largest absolute Gasteiger partial charge is 0.468 e. The minimum Gasteiger partial charge on any atom is -0.468 e. The van der Waals surface area contributed by atoms with Gasteiger partial charge in [0, 0.05) is 9.26 Å². The summed E-state index contributed by atoms with van der Waals surface area (Å²) in [5.74, 6) is -0.497. The lowest BCUT2D eigenvalue weighted by atomic mass is 9.85. The minimum absolute atomic E-state index is 0.